The Morgan fingerprint density at radius 3 is 1.46 bits per heavy atom. The van der Waals surface area contributed by atoms with Gasteiger partial charge >= 0.3 is 12.2 Å². The highest BCUT2D eigenvalue weighted by Crippen LogP contribution is 2.39. The maximum atomic E-state index is 13.5. The molecule has 0 saturated carbocycles. The number of carbonyl (C=O) groups is 4. The van der Waals surface area contributed by atoms with Crippen molar-refractivity contribution >= 4 is 46.7 Å². The van der Waals surface area contributed by atoms with Gasteiger partial charge in [-0.2, -0.15) is 0 Å². The molecule has 4 aromatic rings. The normalized spacial score (nSPS) is 18.5. The Labute approximate surface area is 309 Å². The summed E-state index contributed by atoms with van der Waals surface area (Å²) in [4.78, 5) is 81.7. The average molecular weight is 753 g/mol. The number of alkyl carbamates (subject to hydrolysis) is 2. The van der Waals surface area contributed by atoms with E-state index in [2.05, 4.69) is 40.5 Å². The second-order valence-corrected chi connectivity index (χ2v) is 15.6. The van der Waals surface area contributed by atoms with E-state index in [0.29, 0.717) is 24.7 Å². The zero-order valence-electron chi connectivity index (χ0n) is 30.0. The zero-order chi connectivity index (χ0) is 37.1. The van der Waals surface area contributed by atoms with Crippen LogP contribution in [0.25, 0.3) is 31.2 Å². The largest absolute Gasteiger partial charge is 0.453 e. The first kappa shape index (κ1) is 36.9. The van der Waals surface area contributed by atoms with Crippen molar-refractivity contribution in [3.05, 3.63) is 36.4 Å². The van der Waals surface area contributed by atoms with E-state index >= 15 is 0 Å². The number of aromatic nitrogens is 6. The Balaban J connectivity index is 1.13. The first-order chi connectivity index (χ1) is 25.0. The number of methoxy groups -OCH3 is 2. The second-order valence-electron chi connectivity index (χ2n) is 13.5. The SMILES string of the molecule is COC(=O)N[C@@H](C(=O)N1CCC[C@@H]1c1ncc(-c2ncc(-c3cnc(-c4cnc([C@H]5CCCN5C(=O)[C@H](NC(=O)OC)C(C)C)[nH]4)s3)s2)[nH]1)C(C)C. The molecule has 4 aromatic heterocycles. The first-order valence-electron chi connectivity index (χ1n) is 17.3. The second kappa shape index (κ2) is 15.8. The predicted octanol–water partition coefficient (Wildman–Crippen LogP) is 5.14. The molecular formula is C34H44N10O6S2. The summed E-state index contributed by atoms with van der Waals surface area (Å²) in [6, 6.07) is -1.90. The quantitative estimate of drug-likeness (QED) is 0.159. The van der Waals surface area contributed by atoms with Gasteiger partial charge in [0.25, 0.3) is 0 Å². The van der Waals surface area contributed by atoms with E-state index in [0.717, 1.165) is 56.8 Å². The van der Waals surface area contributed by atoms with Crippen LogP contribution in [0.4, 0.5) is 9.59 Å². The van der Waals surface area contributed by atoms with E-state index in [1.165, 1.54) is 36.9 Å². The molecule has 0 radical (unpaired) electrons. The third kappa shape index (κ3) is 7.67. The molecule has 52 heavy (non-hydrogen) atoms. The van der Waals surface area contributed by atoms with Crippen molar-refractivity contribution in [2.75, 3.05) is 27.3 Å². The lowest BCUT2D eigenvalue weighted by Gasteiger charge is -2.29. The summed E-state index contributed by atoms with van der Waals surface area (Å²) in [6.45, 7) is 8.69. The number of aromatic amines is 2. The molecule has 278 valence electrons. The van der Waals surface area contributed by atoms with Crippen molar-refractivity contribution in [3.63, 3.8) is 0 Å². The van der Waals surface area contributed by atoms with Crippen molar-refractivity contribution in [2.45, 2.75) is 77.5 Å². The number of carbonyl (C=O) groups excluding carboxylic acids is 4. The van der Waals surface area contributed by atoms with E-state index in [1.54, 1.807) is 22.2 Å². The van der Waals surface area contributed by atoms with Crippen LogP contribution in [-0.4, -0.2) is 103 Å². The smallest absolute Gasteiger partial charge is 0.407 e. The molecule has 0 aliphatic carbocycles. The van der Waals surface area contributed by atoms with Gasteiger partial charge in [-0.3, -0.25) is 9.59 Å². The van der Waals surface area contributed by atoms with E-state index in [-0.39, 0.29) is 35.7 Å². The van der Waals surface area contributed by atoms with Crippen LogP contribution in [0.1, 0.15) is 77.1 Å². The maximum Gasteiger partial charge on any atom is 0.407 e. The Morgan fingerprint density at radius 1 is 0.692 bits per heavy atom. The van der Waals surface area contributed by atoms with Crippen LogP contribution >= 0.6 is 22.7 Å². The highest BCUT2D eigenvalue weighted by molar-refractivity contribution is 7.24. The number of amides is 4. The van der Waals surface area contributed by atoms with Gasteiger partial charge in [-0.25, -0.2) is 29.5 Å². The molecule has 2 aliphatic heterocycles. The minimum absolute atomic E-state index is 0.120. The number of thiazole rings is 2. The molecule has 4 N–H and O–H groups in total. The number of hydrogen-bond acceptors (Lipinski definition) is 12. The number of imidazole rings is 2. The topological polar surface area (TPSA) is 200 Å². The van der Waals surface area contributed by atoms with Gasteiger partial charge in [-0.15, -0.1) is 22.7 Å². The predicted molar refractivity (Wildman–Crippen MR) is 194 cm³/mol. The fourth-order valence-electron chi connectivity index (χ4n) is 6.64. The third-order valence-electron chi connectivity index (χ3n) is 9.39. The number of hydrogen-bond donors (Lipinski definition) is 4. The number of H-pyrrole nitrogens is 2. The standard InChI is InChI=1S/C34H44N10O6S2/c1-17(2)25(41-33(47)49-5)31(45)43-11-7-9-21(43)27-35-13-19(39-27)29-37-15-23(51-29)24-16-38-30(52-24)20-14-36-28(40-20)22-10-8-12-44(22)32(46)26(18(3)4)42-34(48)50-6/h13-18,21-22,25-26H,7-12H2,1-6H3,(H,35,39)(H,36,40)(H,41,47)(H,42,48)/t21-,22-,25-,26-/m1/s1. The fourth-order valence-corrected chi connectivity index (χ4v) is 8.46. The van der Waals surface area contributed by atoms with Gasteiger partial charge in [0.2, 0.25) is 11.8 Å². The summed E-state index contributed by atoms with van der Waals surface area (Å²) >= 11 is 3.01. The van der Waals surface area contributed by atoms with Crippen LogP contribution in [0.15, 0.2) is 24.8 Å². The minimum Gasteiger partial charge on any atom is -0.453 e. The Hall–Kier alpha value is -4.84. The molecule has 0 unspecified atom stereocenters. The fraction of sp³-hybridized carbons (Fsp3) is 0.529. The van der Waals surface area contributed by atoms with Crippen molar-refractivity contribution in [2.24, 2.45) is 11.8 Å². The van der Waals surface area contributed by atoms with Crippen molar-refractivity contribution in [1.82, 2.24) is 50.3 Å². The van der Waals surface area contributed by atoms with Crippen molar-refractivity contribution in [3.8, 4) is 31.2 Å². The van der Waals surface area contributed by atoms with Crippen molar-refractivity contribution < 1.29 is 28.7 Å². The van der Waals surface area contributed by atoms with E-state index in [9.17, 15) is 19.2 Å². The molecule has 2 saturated heterocycles. The van der Waals surface area contributed by atoms with E-state index in [1.807, 2.05) is 40.1 Å². The molecule has 6 heterocycles. The van der Waals surface area contributed by atoms with Gasteiger partial charge in [-0.05, 0) is 37.5 Å². The van der Waals surface area contributed by atoms with E-state index < -0.39 is 24.3 Å². The number of rotatable bonds is 11. The number of ether oxygens (including phenoxy) is 2. The van der Waals surface area contributed by atoms with Crippen LogP contribution in [0.3, 0.4) is 0 Å². The molecular weight excluding hydrogens is 709 g/mol. The van der Waals surface area contributed by atoms with Crippen LogP contribution in [0.5, 0.6) is 0 Å². The van der Waals surface area contributed by atoms with Gasteiger partial charge < -0.3 is 39.9 Å². The summed E-state index contributed by atoms with van der Waals surface area (Å²) in [5.41, 5.74) is 1.50. The molecule has 4 atom stereocenters. The summed E-state index contributed by atoms with van der Waals surface area (Å²) in [5.74, 6) is 0.788. The third-order valence-corrected chi connectivity index (χ3v) is 11.6. The summed E-state index contributed by atoms with van der Waals surface area (Å²) in [6.07, 6.45) is 8.98. The zero-order valence-corrected chi connectivity index (χ0v) is 31.6. The van der Waals surface area contributed by atoms with Gasteiger partial charge in [-0.1, -0.05) is 27.7 Å². The Kier molecular flexibility index (Phi) is 11.2. The van der Waals surface area contributed by atoms with E-state index in [4.69, 9.17) is 9.47 Å². The van der Waals surface area contributed by atoms with Gasteiger partial charge in [0.05, 0.1) is 59.8 Å². The lowest BCUT2D eigenvalue weighted by molar-refractivity contribution is -0.136. The average Bonchev–Trinajstić information content (AvgIpc) is 3.98. The molecule has 2 fully saturated rings. The maximum absolute atomic E-state index is 13.5. The monoisotopic (exact) mass is 752 g/mol. The highest BCUT2D eigenvalue weighted by atomic mass is 32.1. The van der Waals surface area contributed by atoms with Gasteiger partial charge in [0.1, 0.15) is 33.7 Å². The minimum atomic E-state index is -0.706. The van der Waals surface area contributed by atoms with Crippen LogP contribution in [0.2, 0.25) is 0 Å². The van der Waals surface area contributed by atoms with Crippen LogP contribution in [0, 0.1) is 11.8 Å². The lowest BCUT2D eigenvalue weighted by atomic mass is 10.0. The number of nitrogens with zero attached hydrogens (tertiary/aromatic N) is 6. The number of likely N-dealkylation sites (tertiary alicyclic amines) is 2. The Bertz CT molecular complexity index is 1760. The summed E-state index contributed by atoms with van der Waals surface area (Å²) in [7, 11) is 2.56. The molecule has 6 rings (SSSR count). The summed E-state index contributed by atoms with van der Waals surface area (Å²) < 4.78 is 9.49. The van der Waals surface area contributed by atoms with Crippen LogP contribution < -0.4 is 10.6 Å². The first-order valence-corrected chi connectivity index (χ1v) is 18.9. The molecule has 2 aliphatic rings. The molecule has 16 nitrogen and oxygen atoms in total. The van der Waals surface area contributed by atoms with Gasteiger partial charge in [0, 0.05) is 25.5 Å². The Morgan fingerprint density at radius 2 is 1.10 bits per heavy atom. The summed E-state index contributed by atoms with van der Waals surface area (Å²) in [5, 5.41) is 6.86. The number of nitrogens with one attached hydrogen (secondary N) is 4. The van der Waals surface area contributed by atoms with Crippen LogP contribution in [-0.2, 0) is 19.1 Å². The molecule has 0 aromatic carbocycles. The molecule has 4 amide bonds. The van der Waals surface area contributed by atoms with Gasteiger partial charge in [0.15, 0.2) is 0 Å². The highest BCUT2D eigenvalue weighted by Gasteiger charge is 2.39. The lowest BCUT2D eigenvalue weighted by Crippen LogP contribution is -2.51. The van der Waals surface area contributed by atoms with Crippen molar-refractivity contribution in [1.29, 1.82) is 0 Å². The molecule has 0 spiro atoms. The molecule has 18 heteroatoms. The molecule has 0 bridgehead atoms.